The Kier molecular flexibility index (Phi) is 3.85. The molecule has 0 aromatic heterocycles. The Morgan fingerprint density at radius 2 is 1.71 bits per heavy atom. The van der Waals surface area contributed by atoms with Gasteiger partial charge in [0.1, 0.15) is 0 Å². The zero-order valence-electron chi connectivity index (χ0n) is 13.0. The first-order valence-corrected chi connectivity index (χ1v) is 8.88. The number of fused-ring (bicyclic) bond motifs is 3. The summed E-state index contributed by atoms with van der Waals surface area (Å²) in [5.41, 5.74) is 4.94. The molecule has 3 aliphatic carbocycles. The smallest absolute Gasteiger partial charge is 0.0130 e. The molecule has 0 aliphatic heterocycles. The van der Waals surface area contributed by atoms with Crippen molar-refractivity contribution in [3.05, 3.63) is 47.0 Å². The predicted octanol–water partition coefficient (Wildman–Crippen LogP) is 4.27. The Balaban J connectivity index is 1.40. The van der Waals surface area contributed by atoms with Crippen LogP contribution in [0.3, 0.4) is 0 Å². The monoisotopic (exact) mass is 281 g/mol. The van der Waals surface area contributed by atoms with Crippen molar-refractivity contribution in [3.63, 3.8) is 0 Å². The second-order valence-electron chi connectivity index (χ2n) is 7.26. The maximum Gasteiger partial charge on any atom is 0.0130 e. The van der Waals surface area contributed by atoms with E-state index in [1.54, 1.807) is 16.7 Å². The first-order valence-electron chi connectivity index (χ1n) is 8.88. The molecule has 4 rings (SSSR count). The van der Waals surface area contributed by atoms with Gasteiger partial charge in [0.05, 0.1) is 0 Å². The summed E-state index contributed by atoms with van der Waals surface area (Å²) >= 11 is 0. The lowest BCUT2D eigenvalue weighted by atomic mass is 9.94. The van der Waals surface area contributed by atoms with Crippen LogP contribution in [-0.4, -0.2) is 12.6 Å². The molecule has 112 valence electrons. The van der Waals surface area contributed by atoms with Crippen molar-refractivity contribution in [2.24, 2.45) is 11.8 Å². The van der Waals surface area contributed by atoms with Gasteiger partial charge in [-0.25, -0.2) is 0 Å². The third kappa shape index (κ3) is 2.81. The molecule has 0 amide bonds. The number of hydrogen-bond donors (Lipinski definition) is 1. The molecule has 1 heteroatoms. The lowest BCUT2D eigenvalue weighted by molar-refractivity contribution is 0.344. The van der Waals surface area contributed by atoms with Crippen molar-refractivity contribution in [2.45, 2.75) is 57.4 Å². The van der Waals surface area contributed by atoms with E-state index in [-0.39, 0.29) is 0 Å². The summed E-state index contributed by atoms with van der Waals surface area (Å²) in [4.78, 5) is 0. The van der Waals surface area contributed by atoms with Crippen LogP contribution in [0.5, 0.6) is 0 Å². The summed E-state index contributed by atoms with van der Waals surface area (Å²) in [6.07, 6.45) is 13.3. The van der Waals surface area contributed by atoms with Crippen LogP contribution in [0.4, 0.5) is 0 Å². The van der Waals surface area contributed by atoms with E-state index in [1.165, 1.54) is 57.9 Å². The highest BCUT2D eigenvalue weighted by molar-refractivity contribution is 5.30. The second-order valence-corrected chi connectivity index (χ2v) is 7.26. The van der Waals surface area contributed by atoms with Crippen molar-refractivity contribution in [3.8, 4) is 0 Å². The van der Waals surface area contributed by atoms with Gasteiger partial charge in [0.25, 0.3) is 0 Å². The molecular weight excluding hydrogens is 254 g/mol. The van der Waals surface area contributed by atoms with E-state index < -0.39 is 0 Å². The normalized spacial score (nSPS) is 30.9. The number of hydrogen-bond acceptors (Lipinski definition) is 1. The minimum absolute atomic E-state index is 0.763. The largest absolute Gasteiger partial charge is 0.313 e. The topological polar surface area (TPSA) is 12.0 Å². The summed E-state index contributed by atoms with van der Waals surface area (Å²) in [7, 11) is 0. The van der Waals surface area contributed by atoms with E-state index in [2.05, 4.69) is 35.7 Å². The van der Waals surface area contributed by atoms with E-state index in [4.69, 9.17) is 0 Å². The third-order valence-electron chi connectivity index (χ3n) is 5.97. The Morgan fingerprint density at radius 1 is 1.00 bits per heavy atom. The van der Waals surface area contributed by atoms with Gasteiger partial charge in [-0.3, -0.25) is 0 Å². The highest BCUT2D eigenvalue weighted by Crippen LogP contribution is 2.40. The SMILES string of the molecule is C1=C(CCNC2C3CCC2Cc2ccccc2C3)CCC1. The summed E-state index contributed by atoms with van der Waals surface area (Å²) in [6.45, 7) is 1.19. The van der Waals surface area contributed by atoms with E-state index in [0.29, 0.717) is 0 Å². The zero-order chi connectivity index (χ0) is 14.1. The molecule has 1 fully saturated rings. The standard InChI is InChI=1S/C20H27N/c1-2-6-15(5-1)11-12-21-20-18-9-10-19(20)14-17-8-4-3-7-16(17)13-18/h3-5,7-8,18-21H,1-2,6,9-14H2. The van der Waals surface area contributed by atoms with Crippen LogP contribution in [0.2, 0.25) is 0 Å². The molecule has 2 unspecified atom stereocenters. The van der Waals surface area contributed by atoms with Crippen LogP contribution in [0.25, 0.3) is 0 Å². The molecular formula is C20H27N. The van der Waals surface area contributed by atoms with Crippen LogP contribution in [0, 0.1) is 11.8 Å². The Morgan fingerprint density at radius 3 is 2.33 bits per heavy atom. The van der Waals surface area contributed by atoms with Crippen molar-refractivity contribution in [1.82, 2.24) is 5.32 Å². The molecule has 21 heavy (non-hydrogen) atoms. The average molecular weight is 281 g/mol. The third-order valence-corrected chi connectivity index (χ3v) is 5.97. The Hall–Kier alpha value is -1.08. The maximum absolute atomic E-state index is 3.94. The summed E-state index contributed by atoms with van der Waals surface area (Å²) < 4.78 is 0. The van der Waals surface area contributed by atoms with Gasteiger partial charge in [-0.1, -0.05) is 35.9 Å². The first kappa shape index (κ1) is 13.6. The van der Waals surface area contributed by atoms with Gasteiger partial charge in [0, 0.05) is 6.04 Å². The van der Waals surface area contributed by atoms with Gasteiger partial charge in [-0.05, 0) is 80.9 Å². The van der Waals surface area contributed by atoms with E-state index in [1.807, 2.05) is 0 Å². The average Bonchev–Trinajstić information content (AvgIpc) is 3.08. The van der Waals surface area contributed by atoms with E-state index in [0.717, 1.165) is 17.9 Å². The van der Waals surface area contributed by atoms with Gasteiger partial charge in [-0.15, -0.1) is 0 Å². The second kappa shape index (κ2) is 5.96. The zero-order valence-corrected chi connectivity index (χ0v) is 13.0. The van der Waals surface area contributed by atoms with Crippen LogP contribution in [-0.2, 0) is 12.8 Å². The molecule has 1 nitrogen and oxygen atoms in total. The number of nitrogens with one attached hydrogen (secondary N) is 1. The molecule has 1 N–H and O–H groups in total. The van der Waals surface area contributed by atoms with Crippen molar-refractivity contribution in [2.75, 3.05) is 6.54 Å². The van der Waals surface area contributed by atoms with Crippen molar-refractivity contribution < 1.29 is 0 Å². The van der Waals surface area contributed by atoms with Crippen LogP contribution >= 0.6 is 0 Å². The molecule has 0 saturated heterocycles. The minimum Gasteiger partial charge on any atom is -0.313 e. The minimum atomic E-state index is 0.763. The van der Waals surface area contributed by atoms with E-state index in [9.17, 15) is 0 Å². The van der Waals surface area contributed by atoms with Crippen LogP contribution in [0.15, 0.2) is 35.9 Å². The fourth-order valence-electron chi connectivity index (χ4n) is 4.85. The van der Waals surface area contributed by atoms with Crippen LogP contribution < -0.4 is 5.32 Å². The summed E-state index contributed by atoms with van der Waals surface area (Å²) in [6, 6.07) is 9.91. The lowest BCUT2D eigenvalue weighted by Crippen LogP contribution is -2.38. The van der Waals surface area contributed by atoms with Gasteiger partial charge in [-0.2, -0.15) is 0 Å². The molecule has 1 aromatic rings. The number of benzene rings is 1. The summed E-state index contributed by atoms with van der Waals surface area (Å²) in [5.74, 6) is 1.74. The molecule has 0 spiro atoms. The van der Waals surface area contributed by atoms with Gasteiger partial charge in [0.2, 0.25) is 0 Å². The highest BCUT2D eigenvalue weighted by Gasteiger charge is 2.38. The summed E-state index contributed by atoms with van der Waals surface area (Å²) in [5, 5.41) is 3.94. The van der Waals surface area contributed by atoms with Gasteiger partial charge < -0.3 is 5.32 Å². The fourth-order valence-corrected chi connectivity index (χ4v) is 4.85. The first-order chi connectivity index (χ1) is 10.4. The lowest BCUT2D eigenvalue weighted by Gasteiger charge is -2.24. The van der Waals surface area contributed by atoms with Crippen molar-refractivity contribution >= 4 is 0 Å². The molecule has 3 aliphatic rings. The Bertz CT molecular complexity index is 497. The fraction of sp³-hybridized carbons (Fsp3) is 0.600. The molecule has 2 atom stereocenters. The molecule has 0 radical (unpaired) electrons. The quantitative estimate of drug-likeness (QED) is 0.813. The van der Waals surface area contributed by atoms with Crippen LogP contribution in [0.1, 0.15) is 49.7 Å². The number of allylic oxidation sites excluding steroid dienone is 1. The Labute approximate surface area is 128 Å². The van der Waals surface area contributed by atoms with E-state index >= 15 is 0 Å². The maximum atomic E-state index is 3.94. The predicted molar refractivity (Wildman–Crippen MR) is 88.4 cm³/mol. The highest BCUT2D eigenvalue weighted by atomic mass is 14.9. The van der Waals surface area contributed by atoms with Gasteiger partial charge in [0.15, 0.2) is 0 Å². The van der Waals surface area contributed by atoms with Crippen molar-refractivity contribution in [1.29, 1.82) is 0 Å². The number of rotatable bonds is 4. The molecule has 0 heterocycles. The van der Waals surface area contributed by atoms with Gasteiger partial charge >= 0.3 is 0 Å². The molecule has 1 aromatic carbocycles. The molecule has 2 bridgehead atoms. The molecule has 1 saturated carbocycles.